The largest absolute Gasteiger partial charge is 0.384 e. The van der Waals surface area contributed by atoms with Crippen molar-refractivity contribution in [3.63, 3.8) is 0 Å². The van der Waals surface area contributed by atoms with Crippen LogP contribution in [0.15, 0.2) is 42.6 Å². The molecule has 1 aromatic carbocycles. The molecule has 4 heteroatoms. The molecule has 0 saturated carbocycles. The molecule has 0 radical (unpaired) electrons. The molecular weight excluding hydrogens is 212 g/mol. The zero-order valence-corrected chi connectivity index (χ0v) is 9.46. The molecule has 0 amide bonds. The van der Waals surface area contributed by atoms with Crippen molar-refractivity contribution >= 4 is 16.7 Å². The van der Waals surface area contributed by atoms with E-state index >= 15 is 0 Å². The van der Waals surface area contributed by atoms with E-state index in [4.69, 9.17) is 5.73 Å². The Kier molecular flexibility index (Phi) is 2.08. The fourth-order valence-electron chi connectivity index (χ4n) is 1.94. The molecule has 0 saturated heterocycles. The normalized spacial score (nSPS) is 10.9. The molecule has 0 atom stereocenters. The second-order valence-corrected chi connectivity index (χ2v) is 3.95. The number of pyridine rings is 1. The van der Waals surface area contributed by atoms with E-state index in [1.54, 1.807) is 10.9 Å². The molecule has 2 heterocycles. The highest BCUT2D eigenvalue weighted by molar-refractivity contribution is 5.93. The Balaban J connectivity index is 2.30. The van der Waals surface area contributed by atoms with Gasteiger partial charge in [0.25, 0.3) is 0 Å². The van der Waals surface area contributed by atoms with Crippen LogP contribution in [0.4, 0.5) is 5.82 Å². The van der Waals surface area contributed by atoms with Gasteiger partial charge in [0, 0.05) is 30.3 Å². The predicted molar refractivity (Wildman–Crippen MR) is 68.4 cm³/mol. The third-order valence-corrected chi connectivity index (χ3v) is 2.84. The number of anilines is 1. The summed E-state index contributed by atoms with van der Waals surface area (Å²) in [5.74, 6) is 0.654. The van der Waals surface area contributed by atoms with Gasteiger partial charge in [-0.15, -0.1) is 0 Å². The molecule has 84 valence electrons. The van der Waals surface area contributed by atoms with Gasteiger partial charge in [-0.1, -0.05) is 18.2 Å². The number of nitrogen functional groups attached to an aromatic ring is 1. The van der Waals surface area contributed by atoms with Crippen LogP contribution in [-0.4, -0.2) is 14.8 Å². The molecule has 0 spiro atoms. The number of aryl methyl sites for hydroxylation is 1. The topological polar surface area (TPSA) is 56.7 Å². The zero-order chi connectivity index (χ0) is 11.8. The maximum Gasteiger partial charge on any atom is 0.121 e. The van der Waals surface area contributed by atoms with Crippen LogP contribution < -0.4 is 5.73 Å². The lowest BCUT2D eigenvalue weighted by atomic mass is 10.1. The summed E-state index contributed by atoms with van der Waals surface area (Å²) in [4.78, 5) is 4.33. The van der Waals surface area contributed by atoms with Gasteiger partial charge in [-0.2, -0.15) is 5.10 Å². The van der Waals surface area contributed by atoms with Crippen molar-refractivity contribution in [1.82, 2.24) is 14.8 Å². The number of aromatic nitrogens is 3. The van der Waals surface area contributed by atoms with Crippen molar-refractivity contribution in [2.45, 2.75) is 0 Å². The molecule has 0 aliphatic carbocycles. The summed E-state index contributed by atoms with van der Waals surface area (Å²) in [5, 5.41) is 5.49. The first kappa shape index (κ1) is 9.84. The molecule has 2 aromatic heterocycles. The minimum Gasteiger partial charge on any atom is -0.384 e. The van der Waals surface area contributed by atoms with Gasteiger partial charge in [0.05, 0.1) is 11.2 Å². The molecule has 3 aromatic rings. The smallest absolute Gasteiger partial charge is 0.121 e. The summed E-state index contributed by atoms with van der Waals surface area (Å²) in [5.41, 5.74) is 8.71. The van der Waals surface area contributed by atoms with Crippen LogP contribution in [0, 0.1) is 0 Å². The van der Waals surface area contributed by atoms with Gasteiger partial charge >= 0.3 is 0 Å². The second-order valence-electron chi connectivity index (χ2n) is 3.95. The standard InChI is InChI=1S/C13H12N4/c1-17-13(14)8-12(16-17)10-4-2-6-11-9(10)5-3-7-15-11/h2-8H,14H2,1H3. The number of rotatable bonds is 1. The number of benzene rings is 1. The third-order valence-electron chi connectivity index (χ3n) is 2.84. The van der Waals surface area contributed by atoms with Crippen LogP contribution in [0.1, 0.15) is 0 Å². The van der Waals surface area contributed by atoms with Crippen LogP contribution in [0.2, 0.25) is 0 Å². The Labute approximate surface area is 98.7 Å². The quantitative estimate of drug-likeness (QED) is 0.689. The van der Waals surface area contributed by atoms with E-state index in [-0.39, 0.29) is 0 Å². The van der Waals surface area contributed by atoms with Crippen LogP contribution in [0.3, 0.4) is 0 Å². The average molecular weight is 224 g/mol. The lowest BCUT2D eigenvalue weighted by Gasteiger charge is -2.02. The molecule has 3 rings (SSSR count). The summed E-state index contributed by atoms with van der Waals surface area (Å²) >= 11 is 0. The highest BCUT2D eigenvalue weighted by Gasteiger charge is 2.08. The van der Waals surface area contributed by atoms with E-state index in [0.29, 0.717) is 5.82 Å². The van der Waals surface area contributed by atoms with Gasteiger partial charge in [0.2, 0.25) is 0 Å². The summed E-state index contributed by atoms with van der Waals surface area (Å²) in [6, 6.07) is 11.9. The number of nitrogens with zero attached hydrogens (tertiary/aromatic N) is 3. The van der Waals surface area contributed by atoms with Crippen molar-refractivity contribution < 1.29 is 0 Å². The van der Waals surface area contributed by atoms with E-state index in [1.807, 2.05) is 43.4 Å². The van der Waals surface area contributed by atoms with Crippen LogP contribution in [0.5, 0.6) is 0 Å². The second kappa shape index (κ2) is 3.59. The molecule has 4 nitrogen and oxygen atoms in total. The molecule has 0 fully saturated rings. The van der Waals surface area contributed by atoms with E-state index in [1.165, 1.54) is 0 Å². The predicted octanol–water partition coefficient (Wildman–Crippen LogP) is 2.22. The van der Waals surface area contributed by atoms with Gasteiger partial charge in [0.15, 0.2) is 0 Å². The van der Waals surface area contributed by atoms with E-state index in [9.17, 15) is 0 Å². The maximum absolute atomic E-state index is 5.81. The molecule has 17 heavy (non-hydrogen) atoms. The van der Waals surface area contributed by atoms with Crippen LogP contribution >= 0.6 is 0 Å². The fraction of sp³-hybridized carbons (Fsp3) is 0.0769. The lowest BCUT2D eigenvalue weighted by Crippen LogP contribution is -1.96. The molecule has 0 unspecified atom stereocenters. The summed E-state index contributed by atoms with van der Waals surface area (Å²) < 4.78 is 1.67. The minimum atomic E-state index is 0.654. The third kappa shape index (κ3) is 1.54. The Morgan fingerprint density at radius 3 is 2.82 bits per heavy atom. The first-order chi connectivity index (χ1) is 8.25. The zero-order valence-electron chi connectivity index (χ0n) is 9.46. The van der Waals surface area contributed by atoms with E-state index < -0.39 is 0 Å². The van der Waals surface area contributed by atoms with Crippen LogP contribution in [0.25, 0.3) is 22.2 Å². The van der Waals surface area contributed by atoms with Gasteiger partial charge in [0.1, 0.15) is 5.82 Å². The van der Waals surface area contributed by atoms with Gasteiger partial charge in [-0.05, 0) is 12.1 Å². The lowest BCUT2D eigenvalue weighted by molar-refractivity contribution is 0.782. The summed E-state index contributed by atoms with van der Waals surface area (Å²) in [6.07, 6.45) is 1.79. The van der Waals surface area contributed by atoms with Crippen molar-refractivity contribution in [3.05, 3.63) is 42.6 Å². The first-order valence-corrected chi connectivity index (χ1v) is 5.39. The van der Waals surface area contributed by atoms with Crippen molar-refractivity contribution in [2.75, 3.05) is 5.73 Å². The molecule has 2 N–H and O–H groups in total. The van der Waals surface area contributed by atoms with Gasteiger partial charge in [-0.25, -0.2) is 0 Å². The van der Waals surface area contributed by atoms with Crippen molar-refractivity contribution in [2.24, 2.45) is 7.05 Å². The molecular formula is C13H12N4. The number of hydrogen-bond donors (Lipinski definition) is 1. The Hall–Kier alpha value is -2.36. The fourth-order valence-corrected chi connectivity index (χ4v) is 1.94. The molecule has 0 bridgehead atoms. The van der Waals surface area contributed by atoms with Gasteiger partial charge < -0.3 is 5.73 Å². The maximum atomic E-state index is 5.81. The Morgan fingerprint density at radius 1 is 1.18 bits per heavy atom. The monoisotopic (exact) mass is 224 g/mol. The summed E-state index contributed by atoms with van der Waals surface area (Å²) in [6.45, 7) is 0. The minimum absolute atomic E-state index is 0.654. The highest BCUT2D eigenvalue weighted by atomic mass is 15.3. The van der Waals surface area contributed by atoms with Gasteiger partial charge in [-0.3, -0.25) is 9.67 Å². The summed E-state index contributed by atoms with van der Waals surface area (Å²) in [7, 11) is 1.84. The Morgan fingerprint density at radius 2 is 2.06 bits per heavy atom. The van der Waals surface area contributed by atoms with E-state index in [2.05, 4.69) is 10.1 Å². The number of fused-ring (bicyclic) bond motifs is 1. The average Bonchev–Trinajstić information content (AvgIpc) is 2.69. The molecule has 0 aliphatic rings. The SMILES string of the molecule is Cn1nc(-c2cccc3ncccc23)cc1N. The van der Waals surface area contributed by atoms with Crippen molar-refractivity contribution in [1.29, 1.82) is 0 Å². The Bertz CT molecular complexity index is 660. The molecule has 0 aliphatic heterocycles. The highest BCUT2D eigenvalue weighted by Crippen LogP contribution is 2.27. The number of hydrogen-bond acceptors (Lipinski definition) is 3. The van der Waals surface area contributed by atoms with Crippen molar-refractivity contribution in [3.8, 4) is 11.3 Å². The van der Waals surface area contributed by atoms with Crippen LogP contribution in [-0.2, 0) is 7.05 Å². The first-order valence-electron chi connectivity index (χ1n) is 5.39. The van der Waals surface area contributed by atoms with E-state index in [0.717, 1.165) is 22.2 Å². The number of nitrogens with two attached hydrogens (primary N) is 1.